The Morgan fingerprint density at radius 1 is 0.816 bits per heavy atom. The number of ketones is 1. The highest BCUT2D eigenvalue weighted by Crippen LogP contribution is 2.45. The van der Waals surface area contributed by atoms with Crippen LogP contribution in [0.5, 0.6) is 0 Å². The van der Waals surface area contributed by atoms with Gasteiger partial charge in [0.25, 0.3) is 0 Å². The maximum Gasteiger partial charge on any atom is 0.163 e. The quantitative estimate of drug-likeness (QED) is 0.252. The van der Waals surface area contributed by atoms with Crippen molar-refractivity contribution in [3.63, 3.8) is 0 Å². The van der Waals surface area contributed by atoms with Gasteiger partial charge in [0.1, 0.15) is 0 Å². The molecule has 0 fully saturated rings. The van der Waals surface area contributed by atoms with Crippen LogP contribution < -0.4 is 10.6 Å². The van der Waals surface area contributed by atoms with Gasteiger partial charge < -0.3 is 15.2 Å². The first-order chi connectivity index (χ1) is 18.6. The summed E-state index contributed by atoms with van der Waals surface area (Å²) >= 11 is 6.14. The highest BCUT2D eigenvalue weighted by molar-refractivity contribution is 6.30. The molecule has 0 saturated carbocycles. The Balaban J connectivity index is 1.38. The summed E-state index contributed by atoms with van der Waals surface area (Å²) in [4.78, 5) is 13.9. The number of nitrogens with one attached hydrogen (secondary N) is 2. The molecular formula is C33H28ClN3O. The standard InChI is InChI=1S/C33H28ClN3O/c1-2-37-29-10-6-3-7-24(29)25-17-21(13-16-30(25)37)33-32-28(35-26-8-4-5-9-27(26)36-33)18-22(19-31(32)38)20-11-14-23(34)15-12-20/h3-17,22,33,35-36H,2,18-19H2,1H3/t22-,33-/m1/s1. The summed E-state index contributed by atoms with van der Waals surface area (Å²) in [7, 11) is 0. The number of allylic oxidation sites excluding steroid dienone is 1. The number of benzene rings is 4. The Hall–Kier alpha value is -4.02. The van der Waals surface area contributed by atoms with Gasteiger partial charge in [-0.05, 0) is 72.9 Å². The molecule has 5 aromatic rings. The van der Waals surface area contributed by atoms with Crippen LogP contribution in [0.2, 0.25) is 5.02 Å². The topological polar surface area (TPSA) is 46.1 Å². The summed E-state index contributed by atoms with van der Waals surface area (Å²) in [5.74, 6) is 0.294. The molecule has 0 spiro atoms. The van der Waals surface area contributed by atoms with Crippen molar-refractivity contribution >= 4 is 50.6 Å². The first-order valence-corrected chi connectivity index (χ1v) is 13.6. The molecule has 38 heavy (non-hydrogen) atoms. The van der Waals surface area contributed by atoms with E-state index in [1.807, 2.05) is 36.4 Å². The zero-order valence-corrected chi connectivity index (χ0v) is 21.9. The van der Waals surface area contributed by atoms with Crippen LogP contribution >= 0.6 is 11.6 Å². The van der Waals surface area contributed by atoms with Gasteiger partial charge >= 0.3 is 0 Å². The number of hydrogen-bond acceptors (Lipinski definition) is 3. The summed E-state index contributed by atoms with van der Waals surface area (Å²) in [5, 5.41) is 10.6. The van der Waals surface area contributed by atoms with E-state index in [1.165, 1.54) is 21.8 Å². The summed E-state index contributed by atoms with van der Waals surface area (Å²) < 4.78 is 2.36. The Labute approximate surface area is 226 Å². The number of carbonyl (C=O) groups excluding carboxylic acids is 1. The van der Waals surface area contributed by atoms with Gasteiger partial charge in [-0.3, -0.25) is 4.79 Å². The zero-order chi connectivity index (χ0) is 25.8. The lowest BCUT2D eigenvalue weighted by molar-refractivity contribution is -0.116. The number of halogens is 1. The molecular weight excluding hydrogens is 490 g/mol. The number of para-hydroxylation sites is 3. The number of anilines is 2. The zero-order valence-electron chi connectivity index (χ0n) is 21.2. The average Bonchev–Trinajstić information content (AvgIpc) is 3.15. The molecule has 188 valence electrons. The molecule has 4 aromatic carbocycles. The van der Waals surface area contributed by atoms with Crippen molar-refractivity contribution in [3.8, 4) is 0 Å². The molecule has 2 aliphatic rings. The van der Waals surface area contributed by atoms with Gasteiger partial charge in [-0.1, -0.05) is 60.1 Å². The lowest BCUT2D eigenvalue weighted by Gasteiger charge is -2.30. The van der Waals surface area contributed by atoms with Gasteiger partial charge in [0.15, 0.2) is 5.78 Å². The fourth-order valence-corrected chi connectivity index (χ4v) is 6.43. The second kappa shape index (κ2) is 9.07. The van der Waals surface area contributed by atoms with Crippen molar-refractivity contribution in [2.45, 2.75) is 38.3 Å². The molecule has 0 saturated heterocycles. The van der Waals surface area contributed by atoms with E-state index in [2.05, 4.69) is 76.7 Å². The minimum atomic E-state index is -0.243. The third-order valence-electron chi connectivity index (χ3n) is 8.10. The number of carbonyl (C=O) groups is 1. The Morgan fingerprint density at radius 3 is 2.34 bits per heavy atom. The first kappa shape index (κ1) is 23.1. The van der Waals surface area contributed by atoms with Crippen LogP contribution in [0.3, 0.4) is 0 Å². The summed E-state index contributed by atoms with van der Waals surface area (Å²) in [5.41, 5.74) is 8.53. The lowest BCUT2D eigenvalue weighted by Crippen LogP contribution is -2.26. The minimum Gasteiger partial charge on any atom is -0.372 e. The van der Waals surface area contributed by atoms with Gasteiger partial charge in [0.05, 0.1) is 17.4 Å². The minimum absolute atomic E-state index is 0.113. The van der Waals surface area contributed by atoms with E-state index in [1.54, 1.807) is 0 Å². The molecule has 1 aliphatic heterocycles. The van der Waals surface area contributed by atoms with E-state index < -0.39 is 0 Å². The molecule has 2 N–H and O–H groups in total. The van der Waals surface area contributed by atoms with Crippen LogP contribution in [0.25, 0.3) is 21.8 Å². The summed E-state index contributed by atoms with van der Waals surface area (Å²) in [6.45, 7) is 3.09. The van der Waals surface area contributed by atoms with E-state index in [9.17, 15) is 4.79 Å². The third-order valence-corrected chi connectivity index (χ3v) is 8.35. The number of hydrogen-bond donors (Lipinski definition) is 2. The molecule has 2 heterocycles. The SMILES string of the molecule is CCn1c2ccccc2c2cc([C@H]3Nc4ccccc4NC4=C3C(=O)C[C@H](c3ccc(Cl)cc3)C4)ccc21. The molecule has 1 aromatic heterocycles. The fourth-order valence-electron chi connectivity index (χ4n) is 6.30. The predicted octanol–water partition coefficient (Wildman–Crippen LogP) is 8.45. The molecule has 7 rings (SSSR count). The van der Waals surface area contributed by atoms with Gasteiger partial charge in [-0.15, -0.1) is 0 Å². The highest BCUT2D eigenvalue weighted by Gasteiger charge is 2.36. The van der Waals surface area contributed by atoms with Gasteiger partial charge in [0.2, 0.25) is 0 Å². The smallest absolute Gasteiger partial charge is 0.163 e. The van der Waals surface area contributed by atoms with Gasteiger partial charge in [0, 0.05) is 51.1 Å². The van der Waals surface area contributed by atoms with Crippen LogP contribution in [0.15, 0.2) is 102 Å². The monoisotopic (exact) mass is 517 g/mol. The number of fused-ring (bicyclic) bond motifs is 4. The predicted molar refractivity (Wildman–Crippen MR) is 157 cm³/mol. The number of Topliss-reactive ketones (excluding diaryl/α,β-unsaturated/α-hetero) is 1. The molecule has 0 amide bonds. The van der Waals surface area contributed by atoms with Gasteiger partial charge in [-0.25, -0.2) is 0 Å². The Morgan fingerprint density at radius 2 is 1.53 bits per heavy atom. The molecule has 2 atom stereocenters. The van der Waals surface area contributed by atoms with Crippen molar-refractivity contribution < 1.29 is 4.79 Å². The molecule has 1 aliphatic carbocycles. The second-order valence-corrected chi connectivity index (χ2v) is 10.7. The van der Waals surface area contributed by atoms with E-state index in [4.69, 9.17) is 11.6 Å². The fraction of sp³-hybridized carbons (Fsp3) is 0.182. The van der Waals surface area contributed by atoms with Crippen LogP contribution in [0, 0.1) is 0 Å². The highest BCUT2D eigenvalue weighted by atomic mass is 35.5. The average molecular weight is 518 g/mol. The van der Waals surface area contributed by atoms with E-state index in [0.717, 1.165) is 46.7 Å². The van der Waals surface area contributed by atoms with Crippen molar-refractivity contribution in [2.24, 2.45) is 0 Å². The normalized spacial score (nSPS) is 19.1. The summed E-state index contributed by atoms with van der Waals surface area (Å²) in [6.07, 6.45) is 1.25. The maximum atomic E-state index is 13.9. The maximum absolute atomic E-state index is 13.9. The van der Waals surface area contributed by atoms with Gasteiger partial charge in [-0.2, -0.15) is 0 Å². The van der Waals surface area contributed by atoms with E-state index in [0.29, 0.717) is 11.4 Å². The second-order valence-electron chi connectivity index (χ2n) is 10.3. The first-order valence-electron chi connectivity index (χ1n) is 13.3. The molecule has 4 nitrogen and oxygen atoms in total. The number of aryl methyl sites for hydroxylation is 1. The molecule has 0 unspecified atom stereocenters. The lowest BCUT2D eigenvalue weighted by atomic mass is 9.78. The molecule has 5 heteroatoms. The van der Waals surface area contributed by atoms with Crippen molar-refractivity contribution in [1.82, 2.24) is 4.57 Å². The Kier molecular flexibility index (Phi) is 5.52. The van der Waals surface area contributed by atoms with Crippen LogP contribution in [0.4, 0.5) is 11.4 Å². The number of rotatable bonds is 3. The molecule has 0 bridgehead atoms. The van der Waals surface area contributed by atoms with Crippen LogP contribution in [-0.2, 0) is 11.3 Å². The Bertz CT molecular complexity index is 1750. The largest absolute Gasteiger partial charge is 0.372 e. The summed E-state index contributed by atoms with van der Waals surface area (Å²) in [6, 6.07) is 31.1. The molecule has 0 radical (unpaired) electrons. The number of aromatic nitrogens is 1. The third kappa shape index (κ3) is 3.71. The van der Waals surface area contributed by atoms with Crippen molar-refractivity contribution in [2.75, 3.05) is 10.6 Å². The van der Waals surface area contributed by atoms with E-state index in [-0.39, 0.29) is 17.7 Å². The number of nitrogens with zero attached hydrogens (tertiary/aromatic N) is 1. The van der Waals surface area contributed by atoms with Crippen LogP contribution in [0.1, 0.15) is 42.9 Å². The van der Waals surface area contributed by atoms with Crippen LogP contribution in [-0.4, -0.2) is 10.4 Å². The van der Waals surface area contributed by atoms with Crippen molar-refractivity contribution in [1.29, 1.82) is 0 Å². The van der Waals surface area contributed by atoms with Crippen molar-refractivity contribution in [3.05, 3.63) is 118 Å². The van der Waals surface area contributed by atoms with E-state index >= 15 is 0 Å².